The predicted molar refractivity (Wildman–Crippen MR) is 105 cm³/mol. The molecule has 0 saturated carbocycles. The highest BCUT2D eigenvalue weighted by molar-refractivity contribution is 9.10. The van der Waals surface area contributed by atoms with Crippen molar-refractivity contribution in [3.8, 4) is 0 Å². The van der Waals surface area contributed by atoms with E-state index in [0.717, 1.165) is 10.0 Å². The summed E-state index contributed by atoms with van der Waals surface area (Å²) < 4.78 is 0.835. The van der Waals surface area contributed by atoms with Crippen LogP contribution in [0.2, 0.25) is 0 Å². The maximum Gasteiger partial charge on any atom is 0.251 e. The summed E-state index contributed by atoms with van der Waals surface area (Å²) in [7, 11) is 0. The Bertz CT molecular complexity index is 945. The number of carbonyl (C=O) groups is 1. The minimum atomic E-state index is -0.233. The molecule has 2 heterocycles. The van der Waals surface area contributed by atoms with Crippen molar-refractivity contribution in [2.24, 2.45) is 0 Å². The van der Waals surface area contributed by atoms with Gasteiger partial charge in [-0.05, 0) is 33.6 Å². The second kappa shape index (κ2) is 8.77. The van der Waals surface area contributed by atoms with E-state index in [1.807, 2.05) is 30.3 Å². The quantitative estimate of drug-likeness (QED) is 0.462. The number of anilines is 1. The van der Waals surface area contributed by atoms with Crippen LogP contribution >= 0.6 is 27.7 Å². The van der Waals surface area contributed by atoms with Crippen molar-refractivity contribution in [1.82, 2.24) is 15.0 Å². The Morgan fingerprint density at radius 2 is 2.00 bits per heavy atom. The summed E-state index contributed by atoms with van der Waals surface area (Å²) >= 11 is 4.46. The molecule has 2 aromatic heterocycles. The van der Waals surface area contributed by atoms with E-state index in [9.17, 15) is 9.59 Å². The maximum absolute atomic E-state index is 12.0. The number of amides is 1. The third kappa shape index (κ3) is 5.53. The van der Waals surface area contributed by atoms with E-state index in [1.165, 1.54) is 17.8 Å². The first kappa shape index (κ1) is 18.3. The van der Waals surface area contributed by atoms with Gasteiger partial charge in [0.25, 0.3) is 5.56 Å². The number of nitrogens with one attached hydrogen (secondary N) is 2. The Labute approximate surface area is 162 Å². The number of rotatable bonds is 6. The third-order valence-corrected chi connectivity index (χ3v) is 4.68. The number of carbonyl (C=O) groups excluding carboxylic acids is 1. The first-order valence-electron chi connectivity index (χ1n) is 7.77. The molecule has 0 radical (unpaired) electrons. The van der Waals surface area contributed by atoms with Gasteiger partial charge in [-0.25, -0.2) is 9.97 Å². The molecule has 0 spiro atoms. The van der Waals surface area contributed by atoms with Crippen molar-refractivity contribution in [2.75, 3.05) is 11.1 Å². The van der Waals surface area contributed by atoms with Gasteiger partial charge in [0.05, 0.1) is 11.4 Å². The summed E-state index contributed by atoms with van der Waals surface area (Å²) in [6, 6.07) is 14.8. The van der Waals surface area contributed by atoms with Crippen LogP contribution in [0.5, 0.6) is 0 Å². The zero-order valence-corrected chi connectivity index (χ0v) is 16.0. The van der Waals surface area contributed by atoms with Crippen molar-refractivity contribution in [2.45, 2.75) is 11.6 Å². The Kier molecular flexibility index (Phi) is 6.19. The molecule has 26 heavy (non-hydrogen) atoms. The van der Waals surface area contributed by atoms with Crippen molar-refractivity contribution in [1.29, 1.82) is 0 Å². The SMILES string of the molecule is O=C(CSc1nc(Cc2ccccc2)cc(=O)[nH]1)Nc1ccc(Br)cn1. The van der Waals surface area contributed by atoms with Gasteiger partial charge in [0.1, 0.15) is 5.82 Å². The van der Waals surface area contributed by atoms with Gasteiger partial charge in [0.15, 0.2) is 5.16 Å². The first-order chi connectivity index (χ1) is 12.6. The van der Waals surface area contributed by atoms with Crippen LogP contribution in [-0.2, 0) is 11.2 Å². The fourth-order valence-electron chi connectivity index (χ4n) is 2.21. The van der Waals surface area contributed by atoms with Crippen LogP contribution in [0.1, 0.15) is 11.3 Å². The molecule has 1 amide bonds. The highest BCUT2D eigenvalue weighted by Crippen LogP contribution is 2.15. The molecule has 132 valence electrons. The zero-order valence-electron chi connectivity index (χ0n) is 13.6. The Morgan fingerprint density at radius 3 is 2.73 bits per heavy atom. The highest BCUT2D eigenvalue weighted by Gasteiger charge is 2.08. The monoisotopic (exact) mass is 430 g/mol. The molecule has 0 atom stereocenters. The molecule has 0 aliphatic heterocycles. The number of hydrogen-bond donors (Lipinski definition) is 2. The Balaban J connectivity index is 1.61. The average molecular weight is 431 g/mol. The minimum absolute atomic E-state index is 0.121. The van der Waals surface area contributed by atoms with Crippen LogP contribution in [0.4, 0.5) is 5.82 Å². The Hall–Kier alpha value is -2.45. The fourth-order valence-corrected chi connectivity index (χ4v) is 3.14. The van der Waals surface area contributed by atoms with Crippen LogP contribution in [0.3, 0.4) is 0 Å². The molecular weight excluding hydrogens is 416 g/mol. The normalized spacial score (nSPS) is 10.5. The third-order valence-electron chi connectivity index (χ3n) is 3.34. The molecule has 6 nitrogen and oxygen atoms in total. The van der Waals surface area contributed by atoms with Gasteiger partial charge in [0, 0.05) is 23.2 Å². The zero-order chi connectivity index (χ0) is 18.4. The molecule has 3 rings (SSSR count). The van der Waals surface area contributed by atoms with E-state index in [0.29, 0.717) is 23.1 Å². The molecule has 0 aliphatic rings. The highest BCUT2D eigenvalue weighted by atomic mass is 79.9. The van der Waals surface area contributed by atoms with Crippen molar-refractivity contribution >= 4 is 39.4 Å². The molecule has 0 bridgehead atoms. The van der Waals surface area contributed by atoms with Gasteiger partial charge in [-0.15, -0.1) is 0 Å². The topological polar surface area (TPSA) is 87.7 Å². The van der Waals surface area contributed by atoms with Crippen LogP contribution in [-0.4, -0.2) is 26.6 Å². The van der Waals surface area contributed by atoms with Crippen LogP contribution in [0, 0.1) is 0 Å². The lowest BCUT2D eigenvalue weighted by Crippen LogP contribution is -2.16. The van der Waals surface area contributed by atoms with E-state index in [1.54, 1.807) is 18.3 Å². The molecule has 2 N–H and O–H groups in total. The van der Waals surface area contributed by atoms with Gasteiger partial charge in [0.2, 0.25) is 5.91 Å². The summed E-state index contributed by atoms with van der Waals surface area (Å²) in [6.45, 7) is 0. The van der Waals surface area contributed by atoms with Gasteiger partial charge in [-0.2, -0.15) is 0 Å². The predicted octanol–water partition coefficient (Wildman–Crippen LogP) is 3.25. The smallest absolute Gasteiger partial charge is 0.251 e. The molecule has 3 aromatic rings. The number of thioether (sulfide) groups is 1. The second-order valence-corrected chi connectivity index (χ2v) is 7.28. The number of H-pyrrole nitrogens is 1. The van der Waals surface area contributed by atoms with Crippen LogP contribution in [0.25, 0.3) is 0 Å². The molecular formula is C18H15BrN4O2S. The lowest BCUT2D eigenvalue weighted by Gasteiger charge is -2.06. The van der Waals surface area contributed by atoms with Crippen molar-refractivity contribution < 1.29 is 4.79 Å². The standard InChI is InChI=1S/C18H15BrN4O2S/c19-13-6-7-15(20-10-13)22-17(25)11-26-18-21-14(9-16(24)23-18)8-12-4-2-1-3-5-12/h1-7,9-10H,8,11H2,(H,20,22,25)(H,21,23,24). The number of hydrogen-bond acceptors (Lipinski definition) is 5. The molecule has 1 aromatic carbocycles. The maximum atomic E-state index is 12.0. The van der Waals surface area contributed by atoms with E-state index >= 15 is 0 Å². The van der Waals surface area contributed by atoms with Gasteiger partial charge < -0.3 is 10.3 Å². The first-order valence-corrected chi connectivity index (χ1v) is 9.55. The van der Waals surface area contributed by atoms with E-state index < -0.39 is 0 Å². The summed E-state index contributed by atoms with van der Waals surface area (Å²) in [5.74, 6) is 0.370. The fraction of sp³-hybridized carbons (Fsp3) is 0.111. The number of halogens is 1. The van der Waals surface area contributed by atoms with E-state index in [-0.39, 0.29) is 17.2 Å². The van der Waals surface area contributed by atoms with E-state index in [2.05, 4.69) is 36.2 Å². The molecule has 0 unspecified atom stereocenters. The van der Waals surface area contributed by atoms with Crippen molar-refractivity contribution in [3.05, 3.63) is 80.8 Å². The average Bonchev–Trinajstić information content (AvgIpc) is 2.62. The summed E-state index contributed by atoms with van der Waals surface area (Å²) in [5.41, 5.74) is 1.50. The van der Waals surface area contributed by atoms with E-state index in [4.69, 9.17) is 0 Å². The van der Waals surface area contributed by atoms with Crippen LogP contribution in [0.15, 0.2) is 69.2 Å². The van der Waals surface area contributed by atoms with Gasteiger partial charge in [-0.3, -0.25) is 9.59 Å². The number of aromatic amines is 1. The lowest BCUT2D eigenvalue weighted by atomic mass is 10.1. The van der Waals surface area contributed by atoms with Gasteiger partial charge >= 0.3 is 0 Å². The van der Waals surface area contributed by atoms with Gasteiger partial charge in [-0.1, -0.05) is 42.1 Å². The number of aromatic nitrogens is 3. The summed E-state index contributed by atoms with van der Waals surface area (Å²) in [6.07, 6.45) is 2.17. The summed E-state index contributed by atoms with van der Waals surface area (Å²) in [4.78, 5) is 35.0. The molecule has 0 aliphatic carbocycles. The molecule has 0 saturated heterocycles. The Morgan fingerprint density at radius 1 is 1.19 bits per heavy atom. The molecule has 0 fully saturated rings. The number of nitrogens with zero attached hydrogens (tertiary/aromatic N) is 2. The van der Waals surface area contributed by atoms with Crippen molar-refractivity contribution in [3.63, 3.8) is 0 Å². The minimum Gasteiger partial charge on any atom is -0.310 e. The largest absolute Gasteiger partial charge is 0.310 e. The lowest BCUT2D eigenvalue weighted by molar-refractivity contribution is -0.113. The summed E-state index contributed by atoms with van der Waals surface area (Å²) in [5, 5.41) is 3.12. The molecule has 8 heteroatoms. The second-order valence-electron chi connectivity index (χ2n) is 5.40. The number of pyridine rings is 1. The number of benzene rings is 1. The van der Waals surface area contributed by atoms with Crippen LogP contribution < -0.4 is 10.9 Å².